The van der Waals surface area contributed by atoms with Crippen LogP contribution in [0.25, 0.3) is 0 Å². The van der Waals surface area contributed by atoms with E-state index in [1.165, 1.54) is 24.3 Å². The van der Waals surface area contributed by atoms with E-state index in [1.54, 1.807) is 0 Å². The summed E-state index contributed by atoms with van der Waals surface area (Å²) >= 11 is 0. The zero-order chi connectivity index (χ0) is 15.5. The van der Waals surface area contributed by atoms with Crippen molar-refractivity contribution in [2.45, 2.75) is 31.1 Å². The number of hydrogen-bond donors (Lipinski definition) is 2. The molecule has 1 aliphatic rings. The number of non-ortho nitro benzene ring substituents is 1. The predicted octanol–water partition coefficient (Wildman–Crippen LogP) is 1.56. The lowest BCUT2D eigenvalue weighted by molar-refractivity contribution is -0.384. The molecule has 0 saturated heterocycles. The van der Waals surface area contributed by atoms with Crippen LogP contribution in [0.4, 0.5) is 5.69 Å². The van der Waals surface area contributed by atoms with Gasteiger partial charge in [0.2, 0.25) is 10.0 Å². The van der Waals surface area contributed by atoms with Gasteiger partial charge in [-0.15, -0.1) is 12.4 Å². The van der Waals surface area contributed by atoms with Crippen molar-refractivity contribution in [1.29, 1.82) is 0 Å². The molecule has 3 N–H and O–H groups in total. The average Bonchev–Trinajstić information content (AvgIpc) is 2.85. The van der Waals surface area contributed by atoms with Crippen molar-refractivity contribution in [2.24, 2.45) is 11.7 Å². The number of benzene rings is 1. The highest BCUT2D eigenvalue weighted by Gasteiger charge is 2.29. The van der Waals surface area contributed by atoms with Crippen molar-refractivity contribution < 1.29 is 13.3 Å². The summed E-state index contributed by atoms with van der Waals surface area (Å²) in [6, 6.07) is 5.45. The number of nitrogens with one attached hydrogen (secondary N) is 1. The van der Waals surface area contributed by atoms with Crippen molar-refractivity contribution in [3.63, 3.8) is 0 Å². The molecule has 1 aliphatic carbocycles. The first kappa shape index (κ1) is 18.8. The van der Waals surface area contributed by atoms with Crippen LogP contribution in [0.2, 0.25) is 0 Å². The molecule has 1 aromatic rings. The molecule has 1 aromatic carbocycles. The Morgan fingerprint density at radius 1 is 1.27 bits per heavy atom. The molecule has 0 bridgehead atoms. The van der Waals surface area contributed by atoms with E-state index < -0.39 is 14.9 Å². The van der Waals surface area contributed by atoms with Crippen molar-refractivity contribution in [3.8, 4) is 0 Å². The molecule has 1 saturated carbocycles. The molecule has 0 radical (unpaired) electrons. The first-order chi connectivity index (χ1) is 9.91. The van der Waals surface area contributed by atoms with Gasteiger partial charge >= 0.3 is 0 Å². The molecule has 2 unspecified atom stereocenters. The SMILES string of the molecule is Cl.NCC1CCCC1NS(=O)(=O)Cc1ccc([N+](=O)[O-])cc1. The van der Waals surface area contributed by atoms with Crippen LogP contribution in [0.15, 0.2) is 24.3 Å². The largest absolute Gasteiger partial charge is 0.330 e. The standard InChI is InChI=1S/C13H19N3O4S.ClH/c14-8-11-2-1-3-13(11)15-21(19,20)9-10-4-6-12(7-5-10)16(17)18;/h4-7,11,13,15H,1-3,8-9,14H2;1H. The summed E-state index contributed by atoms with van der Waals surface area (Å²) in [6.07, 6.45) is 2.73. The van der Waals surface area contributed by atoms with Crippen LogP contribution in [0, 0.1) is 16.0 Å². The number of nitrogens with two attached hydrogens (primary N) is 1. The number of nitro groups is 1. The van der Waals surface area contributed by atoms with Gasteiger partial charge in [0.15, 0.2) is 0 Å². The van der Waals surface area contributed by atoms with E-state index in [-0.39, 0.29) is 35.8 Å². The lowest BCUT2D eigenvalue weighted by atomic mass is 10.1. The molecule has 124 valence electrons. The van der Waals surface area contributed by atoms with Gasteiger partial charge in [0.25, 0.3) is 5.69 Å². The van der Waals surface area contributed by atoms with E-state index in [4.69, 9.17) is 5.73 Å². The molecule has 0 aromatic heterocycles. The van der Waals surface area contributed by atoms with Crippen molar-refractivity contribution in [1.82, 2.24) is 4.72 Å². The van der Waals surface area contributed by atoms with Crippen LogP contribution in [0.1, 0.15) is 24.8 Å². The van der Waals surface area contributed by atoms with Gasteiger partial charge in [-0.1, -0.05) is 18.6 Å². The van der Waals surface area contributed by atoms with Gasteiger partial charge in [0, 0.05) is 18.2 Å². The fraction of sp³-hybridized carbons (Fsp3) is 0.538. The van der Waals surface area contributed by atoms with Crippen LogP contribution < -0.4 is 10.5 Å². The smallest absolute Gasteiger partial charge is 0.269 e. The van der Waals surface area contributed by atoms with E-state index in [1.807, 2.05) is 0 Å². The van der Waals surface area contributed by atoms with E-state index in [0.717, 1.165) is 19.3 Å². The van der Waals surface area contributed by atoms with Gasteiger partial charge in [-0.25, -0.2) is 13.1 Å². The van der Waals surface area contributed by atoms with Crippen molar-refractivity contribution in [3.05, 3.63) is 39.9 Å². The summed E-state index contributed by atoms with van der Waals surface area (Å²) in [7, 11) is -3.47. The first-order valence-corrected chi connectivity index (χ1v) is 8.50. The summed E-state index contributed by atoms with van der Waals surface area (Å²) in [5.41, 5.74) is 6.11. The van der Waals surface area contributed by atoms with Crippen LogP contribution in [-0.4, -0.2) is 25.9 Å². The van der Waals surface area contributed by atoms with E-state index in [9.17, 15) is 18.5 Å². The van der Waals surface area contributed by atoms with Gasteiger partial charge in [0.1, 0.15) is 0 Å². The van der Waals surface area contributed by atoms with Crippen molar-refractivity contribution in [2.75, 3.05) is 6.54 Å². The fourth-order valence-corrected chi connectivity index (χ4v) is 4.17. The third-order valence-electron chi connectivity index (χ3n) is 3.80. The number of sulfonamides is 1. The van der Waals surface area contributed by atoms with Gasteiger partial charge in [0.05, 0.1) is 10.7 Å². The molecule has 22 heavy (non-hydrogen) atoms. The Hall–Kier alpha value is -1.22. The second-order valence-electron chi connectivity index (χ2n) is 5.33. The maximum absolute atomic E-state index is 12.2. The molecule has 7 nitrogen and oxygen atoms in total. The highest BCUT2D eigenvalue weighted by atomic mass is 35.5. The predicted molar refractivity (Wildman–Crippen MR) is 86.3 cm³/mol. The Kier molecular flexibility index (Phi) is 6.73. The van der Waals surface area contributed by atoms with Crippen LogP contribution >= 0.6 is 12.4 Å². The fourth-order valence-electron chi connectivity index (χ4n) is 2.68. The number of hydrogen-bond acceptors (Lipinski definition) is 5. The summed E-state index contributed by atoms with van der Waals surface area (Å²) in [5, 5.41) is 10.6. The summed E-state index contributed by atoms with van der Waals surface area (Å²) in [6.45, 7) is 0.477. The Balaban J connectivity index is 0.00000242. The lowest BCUT2D eigenvalue weighted by Gasteiger charge is -2.19. The number of nitrogens with zero attached hydrogens (tertiary/aromatic N) is 1. The Morgan fingerprint density at radius 2 is 1.91 bits per heavy atom. The third-order valence-corrected chi connectivity index (χ3v) is 5.17. The highest BCUT2D eigenvalue weighted by molar-refractivity contribution is 7.88. The third kappa shape index (κ3) is 4.91. The molecule has 1 fully saturated rings. The van der Waals surface area contributed by atoms with Gasteiger partial charge in [-0.2, -0.15) is 0 Å². The summed E-state index contributed by atoms with van der Waals surface area (Å²) in [4.78, 5) is 10.0. The molecule has 0 aliphatic heterocycles. The molecular formula is C13H20ClN3O4S. The Morgan fingerprint density at radius 3 is 2.45 bits per heavy atom. The first-order valence-electron chi connectivity index (χ1n) is 6.84. The van der Waals surface area contributed by atoms with Crippen LogP contribution in [0.3, 0.4) is 0 Å². The second kappa shape index (κ2) is 7.87. The molecule has 0 heterocycles. The van der Waals surface area contributed by atoms with E-state index >= 15 is 0 Å². The minimum absolute atomic E-state index is 0. The van der Waals surface area contributed by atoms with Crippen molar-refractivity contribution >= 4 is 28.1 Å². The maximum Gasteiger partial charge on any atom is 0.269 e. The average molecular weight is 350 g/mol. The molecule has 2 atom stereocenters. The van der Waals surface area contributed by atoms with E-state index in [2.05, 4.69) is 4.72 Å². The molecule has 0 amide bonds. The normalized spacial score (nSPS) is 21.3. The van der Waals surface area contributed by atoms with Crippen LogP contribution in [-0.2, 0) is 15.8 Å². The zero-order valence-corrected chi connectivity index (χ0v) is 13.6. The summed E-state index contributed by atoms with van der Waals surface area (Å²) < 4.78 is 27.0. The molecule has 9 heteroatoms. The number of rotatable bonds is 6. The van der Waals surface area contributed by atoms with E-state index in [0.29, 0.717) is 12.1 Å². The number of nitro benzene ring substituents is 1. The molecule has 0 spiro atoms. The minimum atomic E-state index is -3.47. The Bertz CT molecular complexity index is 606. The highest BCUT2D eigenvalue weighted by Crippen LogP contribution is 2.25. The topological polar surface area (TPSA) is 115 Å². The zero-order valence-electron chi connectivity index (χ0n) is 12.0. The van der Waals surface area contributed by atoms with Gasteiger partial charge in [-0.3, -0.25) is 10.1 Å². The monoisotopic (exact) mass is 349 g/mol. The maximum atomic E-state index is 12.2. The quantitative estimate of drug-likeness (QED) is 0.597. The molecular weight excluding hydrogens is 330 g/mol. The van der Waals surface area contributed by atoms with Gasteiger partial charge in [-0.05, 0) is 30.9 Å². The van der Waals surface area contributed by atoms with Gasteiger partial charge < -0.3 is 5.73 Å². The minimum Gasteiger partial charge on any atom is -0.330 e. The van der Waals surface area contributed by atoms with Crippen LogP contribution in [0.5, 0.6) is 0 Å². The summed E-state index contributed by atoms with van der Waals surface area (Å²) in [5.74, 6) is 0.00957. The number of halogens is 1. The lowest BCUT2D eigenvalue weighted by Crippen LogP contribution is -2.40. The Labute approximate surface area is 135 Å². The molecule has 2 rings (SSSR count). The second-order valence-corrected chi connectivity index (χ2v) is 7.09.